The lowest BCUT2D eigenvalue weighted by molar-refractivity contribution is -0.148. The molecular formula is C17H20ClFN2O2. The molecule has 0 aliphatic carbocycles. The Morgan fingerprint density at radius 3 is 2.70 bits per heavy atom. The molecule has 1 amide bonds. The number of hydrogen-bond donors (Lipinski definition) is 0. The van der Waals surface area contributed by atoms with E-state index in [9.17, 15) is 9.18 Å². The van der Waals surface area contributed by atoms with Crippen molar-refractivity contribution in [2.75, 3.05) is 0 Å². The van der Waals surface area contributed by atoms with Crippen LogP contribution in [0.2, 0.25) is 5.02 Å². The van der Waals surface area contributed by atoms with Gasteiger partial charge in [-0.1, -0.05) is 22.8 Å². The minimum Gasteiger partial charge on any atom is -0.382 e. The van der Waals surface area contributed by atoms with Gasteiger partial charge in [0.15, 0.2) is 0 Å². The summed E-state index contributed by atoms with van der Waals surface area (Å²) in [5, 5.41) is 4.20. The summed E-state index contributed by atoms with van der Waals surface area (Å²) >= 11 is 6.06. The van der Waals surface area contributed by atoms with E-state index in [1.807, 2.05) is 4.90 Å². The highest BCUT2D eigenvalue weighted by molar-refractivity contribution is 6.34. The highest BCUT2D eigenvalue weighted by Crippen LogP contribution is 2.29. The number of carbonyl (C=O) groups excluding carboxylic acids is 1. The summed E-state index contributed by atoms with van der Waals surface area (Å²) in [6.07, 6.45) is 2.67. The van der Waals surface area contributed by atoms with Crippen LogP contribution in [0.25, 0.3) is 0 Å². The van der Waals surface area contributed by atoms with Gasteiger partial charge >= 0.3 is 0 Å². The molecule has 0 spiro atoms. The van der Waals surface area contributed by atoms with E-state index in [1.54, 1.807) is 6.07 Å². The van der Waals surface area contributed by atoms with Crippen molar-refractivity contribution >= 4 is 23.2 Å². The van der Waals surface area contributed by atoms with Gasteiger partial charge in [-0.3, -0.25) is 4.79 Å². The largest absolute Gasteiger partial charge is 0.382 e. The molecule has 2 aliphatic heterocycles. The molecule has 0 N–H and O–H groups in total. The summed E-state index contributed by atoms with van der Waals surface area (Å²) in [5.74, 6) is -0.524. The van der Waals surface area contributed by atoms with Gasteiger partial charge in [0.25, 0.3) is 5.91 Å². The number of halogens is 2. The monoisotopic (exact) mass is 338 g/mol. The minimum atomic E-state index is -0.691. The highest BCUT2D eigenvalue weighted by atomic mass is 35.5. The summed E-state index contributed by atoms with van der Waals surface area (Å²) in [4.78, 5) is 20.0. The van der Waals surface area contributed by atoms with Crippen molar-refractivity contribution in [1.82, 2.24) is 4.90 Å². The zero-order valence-corrected chi connectivity index (χ0v) is 14.0. The normalized spacial score (nSPS) is 27.6. The van der Waals surface area contributed by atoms with E-state index >= 15 is 0 Å². The number of carbonyl (C=O) groups is 1. The number of likely N-dealkylation sites (tertiary alicyclic amines) is 1. The first-order chi connectivity index (χ1) is 11.0. The van der Waals surface area contributed by atoms with E-state index in [0.717, 1.165) is 19.3 Å². The van der Waals surface area contributed by atoms with E-state index in [4.69, 9.17) is 16.4 Å². The van der Waals surface area contributed by atoms with Crippen LogP contribution in [-0.4, -0.2) is 34.7 Å². The number of hydrogen-bond acceptors (Lipinski definition) is 3. The quantitative estimate of drug-likeness (QED) is 0.824. The van der Waals surface area contributed by atoms with Crippen LogP contribution in [0, 0.1) is 5.82 Å². The number of benzene rings is 1. The summed E-state index contributed by atoms with van der Waals surface area (Å²) in [6.45, 7) is 4.11. The Hall–Kier alpha value is -1.62. The average Bonchev–Trinajstić information content (AvgIpc) is 2.96. The van der Waals surface area contributed by atoms with Crippen molar-refractivity contribution in [2.45, 2.75) is 57.7 Å². The molecule has 1 aromatic rings. The van der Waals surface area contributed by atoms with Gasteiger partial charge in [-0.15, -0.1) is 0 Å². The molecule has 0 saturated carbocycles. The minimum absolute atomic E-state index is 0.0732. The molecule has 1 fully saturated rings. The van der Waals surface area contributed by atoms with Crippen LogP contribution in [0.4, 0.5) is 4.39 Å². The lowest BCUT2D eigenvalue weighted by Gasteiger charge is -2.39. The molecule has 2 aliphatic rings. The van der Waals surface area contributed by atoms with E-state index in [2.05, 4.69) is 19.0 Å². The van der Waals surface area contributed by atoms with Gasteiger partial charge in [-0.2, -0.15) is 0 Å². The summed E-state index contributed by atoms with van der Waals surface area (Å²) in [5.41, 5.74) is 0.618. The zero-order valence-electron chi connectivity index (χ0n) is 13.3. The second kappa shape index (κ2) is 6.48. The summed E-state index contributed by atoms with van der Waals surface area (Å²) < 4.78 is 14.0. The maximum Gasteiger partial charge on any atom is 0.267 e. The lowest BCUT2D eigenvalue weighted by Crippen LogP contribution is -2.51. The van der Waals surface area contributed by atoms with Gasteiger partial charge in [0.05, 0.1) is 16.3 Å². The third-order valence-electron chi connectivity index (χ3n) is 4.64. The fourth-order valence-electron chi connectivity index (χ4n) is 3.45. The Balaban J connectivity index is 1.75. The third kappa shape index (κ3) is 3.07. The maximum atomic E-state index is 14.0. The molecule has 1 aromatic carbocycles. The molecule has 3 atom stereocenters. The molecule has 6 heteroatoms. The van der Waals surface area contributed by atoms with Crippen LogP contribution in [0.15, 0.2) is 23.4 Å². The van der Waals surface area contributed by atoms with Crippen molar-refractivity contribution in [2.24, 2.45) is 5.16 Å². The third-order valence-corrected chi connectivity index (χ3v) is 4.96. The van der Waals surface area contributed by atoms with Crippen LogP contribution < -0.4 is 0 Å². The molecule has 0 aromatic heterocycles. The second-order valence-corrected chi connectivity index (χ2v) is 6.71. The Morgan fingerprint density at radius 1 is 1.35 bits per heavy atom. The van der Waals surface area contributed by atoms with Crippen LogP contribution >= 0.6 is 11.6 Å². The molecule has 3 rings (SSSR count). The Kier molecular flexibility index (Phi) is 4.57. The Labute approximate surface area is 140 Å². The topological polar surface area (TPSA) is 41.9 Å². The SMILES string of the molecule is C[C@@H]1CCC[C@@H](C)N1C(=O)[C@H]1CC(c2c(F)cccc2Cl)=NO1. The molecule has 1 saturated heterocycles. The van der Waals surface area contributed by atoms with Crippen LogP contribution in [0.1, 0.15) is 45.1 Å². The van der Waals surface area contributed by atoms with Crippen molar-refractivity contribution in [3.8, 4) is 0 Å². The van der Waals surface area contributed by atoms with Crippen LogP contribution in [0.5, 0.6) is 0 Å². The van der Waals surface area contributed by atoms with Crippen molar-refractivity contribution in [3.05, 3.63) is 34.6 Å². The first-order valence-corrected chi connectivity index (χ1v) is 8.36. The lowest BCUT2D eigenvalue weighted by atomic mass is 9.95. The van der Waals surface area contributed by atoms with Gasteiger partial charge in [0, 0.05) is 18.5 Å². The second-order valence-electron chi connectivity index (χ2n) is 6.31. The van der Waals surface area contributed by atoms with E-state index in [1.165, 1.54) is 12.1 Å². The van der Waals surface area contributed by atoms with Crippen molar-refractivity contribution in [3.63, 3.8) is 0 Å². The van der Waals surface area contributed by atoms with Gasteiger partial charge in [-0.25, -0.2) is 4.39 Å². The van der Waals surface area contributed by atoms with Gasteiger partial charge < -0.3 is 9.74 Å². The number of piperidine rings is 1. The van der Waals surface area contributed by atoms with Gasteiger partial charge in [-0.05, 0) is 45.2 Å². The Morgan fingerprint density at radius 2 is 2.04 bits per heavy atom. The molecule has 2 heterocycles. The number of nitrogens with zero attached hydrogens (tertiary/aromatic N) is 2. The van der Waals surface area contributed by atoms with Crippen LogP contribution in [-0.2, 0) is 9.63 Å². The number of rotatable bonds is 2. The number of amides is 1. The smallest absolute Gasteiger partial charge is 0.267 e. The predicted octanol–water partition coefficient (Wildman–Crippen LogP) is 3.76. The predicted molar refractivity (Wildman–Crippen MR) is 87.1 cm³/mol. The van der Waals surface area contributed by atoms with Gasteiger partial charge in [0.1, 0.15) is 5.82 Å². The van der Waals surface area contributed by atoms with Crippen molar-refractivity contribution < 1.29 is 14.0 Å². The number of oxime groups is 1. The molecule has 23 heavy (non-hydrogen) atoms. The first kappa shape index (κ1) is 16.2. The summed E-state index contributed by atoms with van der Waals surface area (Å²) in [6, 6.07) is 4.85. The molecular weight excluding hydrogens is 319 g/mol. The Bertz CT molecular complexity index is 619. The molecule has 0 radical (unpaired) electrons. The molecule has 4 nitrogen and oxygen atoms in total. The standard InChI is InChI=1S/C17H20ClFN2O2/c1-10-5-3-6-11(2)21(10)17(22)15-9-14(20-23-15)16-12(18)7-4-8-13(16)19/h4,7-8,10-11,15H,3,5-6,9H2,1-2H3/t10-,11-,15-/m1/s1. The molecule has 124 valence electrons. The molecule has 0 bridgehead atoms. The first-order valence-electron chi connectivity index (χ1n) is 7.98. The zero-order chi connectivity index (χ0) is 16.6. The highest BCUT2D eigenvalue weighted by Gasteiger charge is 2.38. The van der Waals surface area contributed by atoms with Crippen molar-refractivity contribution in [1.29, 1.82) is 0 Å². The van der Waals surface area contributed by atoms with E-state index in [0.29, 0.717) is 5.71 Å². The molecule has 0 unspecified atom stereocenters. The van der Waals surface area contributed by atoms with Gasteiger partial charge in [0.2, 0.25) is 6.10 Å². The van der Waals surface area contributed by atoms with E-state index in [-0.39, 0.29) is 35.0 Å². The average molecular weight is 339 g/mol. The maximum absolute atomic E-state index is 14.0. The fourth-order valence-corrected chi connectivity index (χ4v) is 3.73. The fraction of sp³-hybridized carbons (Fsp3) is 0.529. The van der Waals surface area contributed by atoms with Crippen LogP contribution in [0.3, 0.4) is 0 Å². The van der Waals surface area contributed by atoms with E-state index < -0.39 is 11.9 Å². The summed E-state index contributed by atoms with van der Waals surface area (Å²) in [7, 11) is 0.